The van der Waals surface area contributed by atoms with Crippen molar-refractivity contribution in [3.8, 4) is 0 Å². The Labute approximate surface area is 126 Å². The molecular weight excluding hydrogens is 353 g/mol. The number of carbonyl (C=O) groups is 1. The van der Waals surface area contributed by atoms with E-state index in [1.54, 1.807) is 7.05 Å². The van der Waals surface area contributed by atoms with E-state index in [1.807, 2.05) is 0 Å². The maximum atomic E-state index is 12.8. The number of halogens is 4. The summed E-state index contributed by atoms with van der Waals surface area (Å²) in [5, 5.41) is 6.18. The third-order valence-electron chi connectivity index (χ3n) is 2.60. The number of anilines is 2. The maximum Gasteiger partial charge on any atom is 0.417 e. The predicted molar refractivity (Wildman–Crippen MR) is 74.7 cm³/mol. The fourth-order valence-corrected chi connectivity index (χ4v) is 2.17. The number of hydrogen-bond acceptors (Lipinski definition) is 3. The summed E-state index contributed by atoms with van der Waals surface area (Å²) >= 11 is 2.82. The van der Waals surface area contributed by atoms with E-state index in [0.717, 1.165) is 6.07 Å². The Morgan fingerprint density at radius 1 is 1.43 bits per heavy atom. The molecule has 0 aliphatic heterocycles. The third-order valence-corrected chi connectivity index (χ3v) is 3.29. The summed E-state index contributed by atoms with van der Waals surface area (Å²) < 4.78 is 39.6. The number of nitrogen functional groups attached to an aromatic ring is 1. The molecule has 0 radical (unpaired) electrons. The molecule has 9 heteroatoms. The molecule has 0 saturated carbocycles. The van der Waals surface area contributed by atoms with Gasteiger partial charge in [0, 0.05) is 23.4 Å². The summed E-state index contributed by atoms with van der Waals surface area (Å²) in [5.74, 6) is -0.677. The van der Waals surface area contributed by atoms with Crippen LogP contribution in [0.25, 0.3) is 0 Å². The predicted octanol–water partition coefficient (Wildman–Crippen LogP) is 3.04. The number of benzene rings is 1. The molecule has 0 fully saturated rings. The summed E-state index contributed by atoms with van der Waals surface area (Å²) in [5.41, 5.74) is 4.80. The van der Waals surface area contributed by atoms with Crippen molar-refractivity contribution in [1.82, 2.24) is 9.78 Å². The van der Waals surface area contributed by atoms with Gasteiger partial charge >= 0.3 is 6.18 Å². The largest absolute Gasteiger partial charge is 0.417 e. The molecule has 2 aromatic rings. The van der Waals surface area contributed by atoms with Crippen LogP contribution in [0.4, 0.5) is 24.5 Å². The van der Waals surface area contributed by atoms with E-state index in [0.29, 0.717) is 0 Å². The zero-order valence-corrected chi connectivity index (χ0v) is 12.3. The van der Waals surface area contributed by atoms with Crippen molar-refractivity contribution >= 4 is 33.2 Å². The first-order valence-corrected chi connectivity index (χ1v) is 6.45. The highest BCUT2D eigenvalue weighted by atomic mass is 79.9. The van der Waals surface area contributed by atoms with E-state index < -0.39 is 17.6 Å². The van der Waals surface area contributed by atoms with Crippen LogP contribution in [0.2, 0.25) is 0 Å². The average Bonchev–Trinajstić information content (AvgIpc) is 2.69. The molecule has 1 aromatic carbocycles. The molecule has 1 amide bonds. The van der Waals surface area contributed by atoms with E-state index >= 15 is 0 Å². The smallest absolute Gasteiger partial charge is 0.396 e. The number of hydrogen-bond donors (Lipinski definition) is 2. The van der Waals surface area contributed by atoms with Gasteiger partial charge in [-0.2, -0.15) is 18.3 Å². The highest BCUT2D eigenvalue weighted by molar-refractivity contribution is 9.10. The van der Waals surface area contributed by atoms with Gasteiger partial charge in [0.25, 0.3) is 5.91 Å². The van der Waals surface area contributed by atoms with Crippen LogP contribution in [0.1, 0.15) is 16.1 Å². The molecule has 0 atom stereocenters. The number of aromatic nitrogens is 2. The van der Waals surface area contributed by atoms with Crippen molar-refractivity contribution in [3.63, 3.8) is 0 Å². The molecule has 3 N–H and O–H groups in total. The number of nitrogens with one attached hydrogen (secondary N) is 1. The summed E-state index contributed by atoms with van der Waals surface area (Å²) in [4.78, 5) is 11.9. The van der Waals surface area contributed by atoms with Gasteiger partial charge in [0.1, 0.15) is 0 Å². The van der Waals surface area contributed by atoms with Gasteiger partial charge in [0.15, 0.2) is 5.69 Å². The Kier molecular flexibility index (Phi) is 3.95. The van der Waals surface area contributed by atoms with Crippen LogP contribution in [0.15, 0.2) is 28.9 Å². The number of nitrogens with zero attached hydrogens (tertiary/aromatic N) is 2. The van der Waals surface area contributed by atoms with Crippen LogP contribution in [0, 0.1) is 0 Å². The zero-order chi connectivity index (χ0) is 15.8. The van der Waals surface area contributed by atoms with Gasteiger partial charge in [0.05, 0.1) is 11.3 Å². The highest BCUT2D eigenvalue weighted by Crippen LogP contribution is 2.36. The van der Waals surface area contributed by atoms with E-state index in [1.165, 1.54) is 23.0 Å². The second kappa shape index (κ2) is 5.40. The van der Waals surface area contributed by atoms with Crippen LogP contribution < -0.4 is 11.1 Å². The van der Waals surface area contributed by atoms with E-state index in [2.05, 4.69) is 26.3 Å². The maximum absolute atomic E-state index is 12.8. The molecule has 0 aliphatic carbocycles. The lowest BCUT2D eigenvalue weighted by molar-refractivity contribution is -0.138. The van der Waals surface area contributed by atoms with Crippen LogP contribution in [-0.4, -0.2) is 15.7 Å². The second-order valence-electron chi connectivity index (χ2n) is 4.25. The SMILES string of the molecule is Cn1cc(N)c(C(=O)Nc2ccc(Br)c(C(F)(F)F)c2)n1. The van der Waals surface area contributed by atoms with E-state index in [9.17, 15) is 18.0 Å². The van der Waals surface area contributed by atoms with E-state index in [-0.39, 0.29) is 21.5 Å². The first-order valence-electron chi connectivity index (χ1n) is 5.65. The van der Waals surface area contributed by atoms with Crippen LogP contribution in [0.5, 0.6) is 0 Å². The zero-order valence-electron chi connectivity index (χ0n) is 10.7. The monoisotopic (exact) mass is 362 g/mol. The normalized spacial score (nSPS) is 11.5. The number of carbonyl (C=O) groups excluding carboxylic acids is 1. The van der Waals surface area contributed by atoms with Gasteiger partial charge in [-0.05, 0) is 18.2 Å². The van der Waals surface area contributed by atoms with Crippen LogP contribution in [-0.2, 0) is 13.2 Å². The highest BCUT2D eigenvalue weighted by Gasteiger charge is 2.33. The molecule has 21 heavy (non-hydrogen) atoms. The van der Waals surface area contributed by atoms with Crippen molar-refractivity contribution in [3.05, 3.63) is 40.1 Å². The van der Waals surface area contributed by atoms with Crippen molar-refractivity contribution < 1.29 is 18.0 Å². The van der Waals surface area contributed by atoms with Crippen molar-refractivity contribution in [1.29, 1.82) is 0 Å². The van der Waals surface area contributed by atoms with Crippen molar-refractivity contribution in [2.45, 2.75) is 6.18 Å². The first kappa shape index (κ1) is 15.4. The Morgan fingerprint density at radius 3 is 2.62 bits per heavy atom. The average molecular weight is 363 g/mol. The molecule has 112 valence electrons. The summed E-state index contributed by atoms with van der Waals surface area (Å²) in [7, 11) is 1.58. The molecule has 2 rings (SSSR count). The number of aryl methyl sites for hydroxylation is 1. The number of amides is 1. The summed E-state index contributed by atoms with van der Waals surface area (Å²) in [6.07, 6.45) is -3.10. The number of alkyl halides is 3. The molecule has 0 unspecified atom stereocenters. The third kappa shape index (κ3) is 3.35. The molecule has 0 spiro atoms. The van der Waals surface area contributed by atoms with Crippen molar-refractivity contribution in [2.24, 2.45) is 7.05 Å². The lowest BCUT2D eigenvalue weighted by atomic mass is 10.2. The van der Waals surface area contributed by atoms with Crippen LogP contribution in [0.3, 0.4) is 0 Å². The van der Waals surface area contributed by atoms with E-state index in [4.69, 9.17) is 5.73 Å². The Hall–Kier alpha value is -2.03. The molecule has 1 aromatic heterocycles. The van der Waals surface area contributed by atoms with Gasteiger partial charge in [0.2, 0.25) is 0 Å². The fraction of sp³-hybridized carbons (Fsp3) is 0.167. The Morgan fingerprint density at radius 2 is 2.10 bits per heavy atom. The Balaban J connectivity index is 2.28. The number of rotatable bonds is 2. The molecule has 1 heterocycles. The van der Waals surface area contributed by atoms with Gasteiger partial charge < -0.3 is 11.1 Å². The molecular formula is C12H10BrF3N4O. The van der Waals surface area contributed by atoms with Crippen LogP contribution >= 0.6 is 15.9 Å². The van der Waals surface area contributed by atoms with Gasteiger partial charge in [-0.3, -0.25) is 9.48 Å². The standard InChI is InChI=1S/C12H10BrF3N4O/c1-20-5-9(17)10(19-20)11(21)18-6-2-3-8(13)7(4-6)12(14,15)16/h2-5H,17H2,1H3,(H,18,21). The summed E-state index contributed by atoms with van der Waals surface area (Å²) in [6.45, 7) is 0. The Bertz CT molecular complexity index is 696. The summed E-state index contributed by atoms with van der Waals surface area (Å²) in [6, 6.07) is 3.39. The lowest BCUT2D eigenvalue weighted by Crippen LogP contribution is -2.15. The van der Waals surface area contributed by atoms with Gasteiger partial charge in [-0.15, -0.1) is 0 Å². The number of nitrogens with two attached hydrogens (primary N) is 1. The second-order valence-corrected chi connectivity index (χ2v) is 5.11. The molecule has 0 bridgehead atoms. The molecule has 0 aliphatic rings. The minimum absolute atomic E-state index is 0.000535. The van der Waals surface area contributed by atoms with Gasteiger partial charge in [-0.25, -0.2) is 0 Å². The topological polar surface area (TPSA) is 72.9 Å². The quantitative estimate of drug-likeness (QED) is 0.862. The minimum Gasteiger partial charge on any atom is -0.396 e. The molecule has 5 nitrogen and oxygen atoms in total. The van der Waals surface area contributed by atoms with Gasteiger partial charge in [-0.1, -0.05) is 15.9 Å². The fourth-order valence-electron chi connectivity index (χ4n) is 1.69. The lowest BCUT2D eigenvalue weighted by Gasteiger charge is -2.11. The van der Waals surface area contributed by atoms with Crippen molar-refractivity contribution in [2.75, 3.05) is 11.1 Å². The minimum atomic E-state index is -4.52. The molecule has 0 saturated heterocycles. The first-order chi connectivity index (χ1) is 9.68.